The van der Waals surface area contributed by atoms with Gasteiger partial charge in [0.1, 0.15) is 11.0 Å². The Balaban J connectivity index is 2.54. The molecule has 1 aromatic carbocycles. The van der Waals surface area contributed by atoms with Crippen LogP contribution in [-0.4, -0.2) is 18.2 Å². The minimum absolute atomic E-state index is 0.106. The molecule has 0 aliphatic carbocycles. The van der Waals surface area contributed by atoms with Crippen molar-refractivity contribution in [3.8, 4) is 6.07 Å². The summed E-state index contributed by atoms with van der Waals surface area (Å²) in [6, 6.07) is 9.67. The van der Waals surface area contributed by atoms with Crippen LogP contribution in [0.1, 0.15) is 11.3 Å². The number of rotatable bonds is 3. The van der Waals surface area contributed by atoms with Crippen LogP contribution < -0.4 is 0 Å². The largest absolute Gasteiger partial charge is 0.272 e. The molecule has 20 heavy (non-hydrogen) atoms. The molecule has 0 aliphatic heterocycles. The second-order valence-corrected chi connectivity index (χ2v) is 6.16. The highest BCUT2D eigenvalue weighted by Crippen LogP contribution is 2.21. The lowest BCUT2D eigenvalue weighted by atomic mass is 10.2. The Morgan fingerprint density at radius 2 is 2.00 bits per heavy atom. The molecule has 0 aliphatic rings. The van der Waals surface area contributed by atoms with Crippen molar-refractivity contribution in [3.05, 3.63) is 52.7 Å². The monoisotopic (exact) mass is 287 g/mol. The predicted octanol–water partition coefficient (Wildman–Crippen LogP) is 2.07. The third kappa shape index (κ3) is 2.49. The summed E-state index contributed by atoms with van der Waals surface area (Å²) in [6.07, 6.45) is 2.89. The molecule has 0 atom stereocenters. The number of allylic oxidation sites excluding steroid dienone is 1. The van der Waals surface area contributed by atoms with E-state index in [-0.39, 0.29) is 9.80 Å². The van der Waals surface area contributed by atoms with Crippen molar-refractivity contribution in [1.29, 1.82) is 5.26 Å². The van der Waals surface area contributed by atoms with Crippen LogP contribution in [0.4, 0.5) is 0 Å². The van der Waals surface area contributed by atoms with Crippen LogP contribution in [0.3, 0.4) is 0 Å². The average Bonchev–Trinajstić information content (AvgIpc) is 2.77. The van der Waals surface area contributed by atoms with E-state index in [0.717, 1.165) is 5.69 Å². The zero-order valence-electron chi connectivity index (χ0n) is 11.1. The summed E-state index contributed by atoms with van der Waals surface area (Å²) in [4.78, 5) is -0.186. The molecular formula is C14H13N3O2S. The van der Waals surface area contributed by atoms with Crippen LogP contribution in [-0.2, 0) is 16.9 Å². The van der Waals surface area contributed by atoms with E-state index in [0.29, 0.717) is 5.56 Å². The van der Waals surface area contributed by atoms with E-state index in [1.54, 1.807) is 36.0 Å². The van der Waals surface area contributed by atoms with Gasteiger partial charge >= 0.3 is 0 Å². The van der Waals surface area contributed by atoms with Gasteiger partial charge in [-0.15, -0.1) is 0 Å². The first kappa shape index (κ1) is 14.0. The zero-order chi connectivity index (χ0) is 14.8. The molecule has 102 valence electrons. The van der Waals surface area contributed by atoms with Crippen LogP contribution in [0.15, 0.2) is 46.3 Å². The number of nitriles is 1. The number of sulfone groups is 1. The normalized spacial score (nSPS) is 12.2. The number of hydrogen-bond acceptors (Lipinski definition) is 4. The fraction of sp³-hybridized carbons (Fsp3) is 0.143. The SMILES string of the molecule is Cc1c(/C=C(\C#N)S(=O)(=O)c2ccccc2)cnn1C. The third-order valence-corrected chi connectivity index (χ3v) is 4.69. The maximum atomic E-state index is 12.4. The Kier molecular flexibility index (Phi) is 3.72. The van der Waals surface area contributed by atoms with Crippen molar-refractivity contribution in [2.24, 2.45) is 7.05 Å². The summed E-state index contributed by atoms with van der Waals surface area (Å²) >= 11 is 0. The van der Waals surface area contributed by atoms with Crippen molar-refractivity contribution >= 4 is 15.9 Å². The predicted molar refractivity (Wildman–Crippen MR) is 75.2 cm³/mol. The summed E-state index contributed by atoms with van der Waals surface area (Å²) in [5.74, 6) is 0. The Morgan fingerprint density at radius 1 is 1.35 bits per heavy atom. The summed E-state index contributed by atoms with van der Waals surface area (Å²) in [7, 11) is -2.04. The molecule has 0 N–H and O–H groups in total. The number of hydrogen-bond donors (Lipinski definition) is 0. The van der Waals surface area contributed by atoms with E-state index in [4.69, 9.17) is 5.26 Å². The molecule has 0 unspecified atom stereocenters. The van der Waals surface area contributed by atoms with Crippen LogP contribution >= 0.6 is 0 Å². The smallest absolute Gasteiger partial charge is 0.216 e. The molecule has 2 aromatic rings. The van der Waals surface area contributed by atoms with Crippen molar-refractivity contribution in [2.75, 3.05) is 0 Å². The third-order valence-electron chi connectivity index (χ3n) is 3.01. The highest BCUT2D eigenvalue weighted by atomic mass is 32.2. The molecule has 0 amide bonds. The van der Waals surface area contributed by atoms with Gasteiger partial charge in [-0.3, -0.25) is 4.68 Å². The zero-order valence-corrected chi connectivity index (χ0v) is 11.9. The average molecular weight is 287 g/mol. The quantitative estimate of drug-likeness (QED) is 0.810. The lowest BCUT2D eigenvalue weighted by Gasteiger charge is -2.02. The van der Waals surface area contributed by atoms with E-state index in [9.17, 15) is 8.42 Å². The molecule has 1 heterocycles. The Bertz CT molecular complexity index is 797. The molecule has 0 saturated carbocycles. The first-order chi connectivity index (χ1) is 9.46. The molecule has 0 spiro atoms. The number of nitrogens with zero attached hydrogens (tertiary/aromatic N) is 3. The molecule has 0 saturated heterocycles. The lowest BCUT2D eigenvalue weighted by molar-refractivity contribution is 0.603. The highest BCUT2D eigenvalue weighted by molar-refractivity contribution is 7.95. The van der Waals surface area contributed by atoms with E-state index in [2.05, 4.69) is 5.10 Å². The van der Waals surface area contributed by atoms with Crippen molar-refractivity contribution in [2.45, 2.75) is 11.8 Å². The van der Waals surface area contributed by atoms with E-state index >= 15 is 0 Å². The number of aryl methyl sites for hydroxylation is 1. The molecular weight excluding hydrogens is 274 g/mol. The van der Waals surface area contributed by atoms with E-state index < -0.39 is 9.84 Å². The maximum absolute atomic E-state index is 12.4. The highest BCUT2D eigenvalue weighted by Gasteiger charge is 2.21. The number of benzene rings is 1. The molecule has 6 heteroatoms. The van der Waals surface area contributed by atoms with Gasteiger partial charge in [0.15, 0.2) is 0 Å². The fourth-order valence-electron chi connectivity index (χ4n) is 1.70. The Labute approximate surface area is 117 Å². The van der Waals surface area contributed by atoms with Gasteiger partial charge in [-0.05, 0) is 25.1 Å². The van der Waals surface area contributed by atoms with E-state index in [1.165, 1.54) is 24.4 Å². The fourth-order valence-corrected chi connectivity index (χ4v) is 2.87. The minimum Gasteiger partial charge on any atom is -0.272 e. The van der Waals surface area contributed by atoms with Crippen LogP contribution in [0.25, 0.3) is 6.08 Å². The van der Waals surface area contributed by atoms with Gasteiger partial charge in [-0.25, -0.2) is 8.42 Å². The van der Waals surface area contributed by atoms with Gasteiger partial charge in [0.05, 0.1) is 11.1 Å². The first-order valence-electron chi connectivity index (χ1n) is 5.87. The van der Waals surface area contributed by atoms with Crippen molar-refractivity contribution in [1.82, 2.24) is 9.78 Å². The number of aromatic nitrogens is 2. The maximum Gasteiger partial charge on any atom is 0.216 e. The molecule has 0 fully saturated rings. The topological polar surface area (TPSA) is 75.8 Å². The molecule has 1 aromatic heterocycles. The van der Waals surface area contributed by atoms with Gasteiger partial charge in [0.25, 0.3) is 0 Å². The summed E-state index contributed by atoms with van der Waals surface area (Å²) in [6.45, 7) is 1.81. The van der Waals surface area contributed by atoms with Crippen LogP contribution in [0.2, 0.25) is 0 Å². The Hall–Kier alpha value is -2.39. The first-order valence-corrected chi connectivity index (χ1v) is 7.35. The van der Waals surface area contributed by atoms with Crippen molar-refractivity contribution < 1.29 is 8.42 Å². The molecule has 0 bridgehead atoms. The van der Waals surface area contributed by atoms with Gasteiger partial charge in [-0.2, -0.15) is 10.4 Å². The van der Waals surface area contributed by atoms with Crippen molar-refractivity contribution in [3.63, 3.8) is 0 Å². The molecule has 2 rings (SSSR count). The second kappa shape index (κ2) is 5.31. The minimum atomic E-state index is -3.79. The van der Waals surface area contributed by atoms with Gasteiger partial charge < -0.3 is 0 Å². The van der Waals surface area contributed by atoms with Gasteiger partial charge in [0, 0.05) is 18.3 Å². The summed E-state index contributed by atoms with van der Waals surface area (Å²) in [5, 5.41) is 13.2. The summed E-state index contributed by atoms with van der Waals surface area (Å²) < 4.78 is 26.4. The molecule has 5 nitrogen and oxygen atoms in total. The van der Waals surface area contributed by atoms with Crippen LogP contribution in [0.5, 0.6) is 0 Å². The lowest BCUT2D eigenvalue weighted by Crippen LogP contribution is -2.03. The second-order valence-electron chi connectivity index (χ2n) is 4.25. The van der Waals surface area contributed by atoms with E-state index in [1.807, 2.05) is 6.92 Å². The van der Waals surface area contributed by atoms with Gasteiger partial charge in [0.2, 0.25) is 9.84 Å². The standard InChI is InChI=1S/C14H13N3O2S/c1-11-12(10-16-17(11)2)8-14(9-15)20(18,19)13-6-4-3-5-7-13/h3-8,10H,1-2H3/b14-8+. The van der Waals surface area contributed by atoms with Crippen LogP contribution in [0, 0.1) is 18.3 Å². The molecule has 0 radical (unpaired) electrons. The Morgan fingerprint density at radius 3 is 2.50 bits per heavy atom. The summed E-state index contributed by atoms with van der Waals surface area (Å²) in [5.41, 5.74) is 1.41. The van der Waals surface area contributed by atoms with Gasteiger partial charge in [-0.1, -0.05) is 18.2 Å².